The topological polar surface area (TPSA) is 79.8 Å². The number of carbonyl (C=O) groups excluding carboxylic acids is 1. The van der Waals surface area contributed by atoms with Crippen LogP contribution in [0.2, 0.25) is 0 Å². The Kier molecular flexibility index (Phi) is 6.92. The van der Waals surface area contributed by atoms with E-state index in [4.69, 9.17) is 4.74 Å². The van der Waals surface area contributed by atoms with Gasteiger partial charge in [0.15, 0.2) is 0 Å². The highest BCUT2D eigenvalue weighted by atomic mass is 79.9. The zero-order valence-electron chi connectivity index (χ0n) is 16.4. The van der Waals surface area contributed by atoms with E-state index < -0.39 is 10.0 Å². The van der Waals surface area contributed by atoms with Crippen LogP contribution in [-0.2, 0) is 21.4 Å². The molecule has 29 heavy (non-hydrogen) atoms. The molecule has 0 aliphatic carbocycles. The molecule has 0 spiro atoms. The molecule has 0 radical (unpaired) electrons. The highest BCUT2D eigenvalue weighted by Gasteiger charge is 2.33. The number of hydrogen-bond donors (Lipinski definition) is 0. The fraction of sp³-hybridized carbons (Fsp3) is 0.400. The molecule has 3 rings (SSSR count). The normalized spacial score (nSPS) is 15.8. The second-order valence-corrected chi connectivity index (χ2v) is 9.87. The Hall–Kier alpha value is -1.97. The molecule has 0 bridgehead atoms. The number of pyridine rings is 1. The number of aromatic nitrogens is 1. The Morgan fingerprint density at radius 1 is 1.31 bits per heavy atom. The summed E-state index contributed by atoms with van der Waals surface area (Å²) in [6.07, 6.45) is 3.89. The van der Waals surface area contributed by atoms with E-state index in [-0.39, 0.29) is 16.7 Å². The molecule has 1 aliphatic heterocycles. The first-order chi connectivity index (χ1) is 13.8. The number of nitrogens with zero attached hydrogens (tertiary/aromatic N) is 3. The van der Waals surface area contributed by atoms with Crippen LogP contribution >= 0.6 is 15.9 Å². The highest BCUT2D eigenvalue weighted by Crippen LogP contribution is 2.27. The first kappa shape index (κ1) is 21.7. The van der Waals surface area contributed by atoms with Crippen LogP contribution in [-0.4, -0.2) is 55.8 Å². The minimum atomic E-state index is -3.57. The van der Waals surface area contributed by atoms with Gasteiger partial charge in [-0.1, -0.05) is 15.9 Å². The van der Waals surface area contributed by atoms with Gasteiger partial charge < -0.3 is 9.64 Å². The fourth-order valence-corrected chi connectivity index (χ4v) is 5.35. The maximum absolute atomic E-state index is 12.9. The van der Waals surface area contributed by atoms with Crippen LogP contribution in [0.4, 0.5) is 0 Å². The molecule has 1 aromatic heterocycles. The lowest BCUT2D eigenvalue weighted by atomic mass is 9.96. The van der Waals surface area contributed by atoms with Crippen molar-refractivity contribution in [3.05, 3.63) is 52.8 Å². The van der Waals surface area contributed by atoms with E-state index in [0.29, 0.717) is 32.5 Å². The Labute approximate surface area is 179 Å². The van der Waals surface area contributed by atoms with Crippen LogP contribution in [0.15, 0.2) is 52.1 Å². The molecular weight excluding hydrogens is 458 g/mol. The zero-order chi connectivity index (χ0) is 21.0. The summed E-state index contributed by atoms with van der Waals surface area (Å²) in [5.41, 5.74) is 0.911. The molecule has 9 heteroatoms. The molecule has 0 N–H and O–H groups in total. The van der Waals surface area contributed by atoms with E-state index in [0.717, 1.165) is 15.8 Å². The summed E-state index contributed by atoms with van der Waals surface area (Å²) in [7, 11) is -0.200. The average Bonchev–Trinajstić information content (AvgIpc) is 2.74. The first-order valence-electron chi connectivity index (χ1n) is 9.30. The Morgan fingerprint density at radius 3 is 2.66 bits per heavy atom. The van der Waals surface area contributed by atoms with Gasteiger partial charge in [-0.05, 0) is 43.2 Å². The molecule has 0 atom stereocenters. The second-order valence-electron chi connectivity index (χ2n) is 7.02. The van der Waals surface area contributed by atoms with Crippen LogP contribution in [0.1, 0.15) is 18.4 Å². The lowest BCUT2D eigenvalue weighted by Gasteiger charge is -2.32. The van der Waals surface area contributed by atoms with Gasteiger partial charge in [0.2, 0.25) is 15.9 Å². The minimum Gasteiger partial charge on any atom is -0.496 e. The van der Waals surface area contributed by atoms with Crippen molar-refractivity contribution in [2.24, 2.45) is 5.92 Å². The van der Waals surface area contributed by atoms with Crippen molar-refractivity contribution in [1.82, 2.24) is 14.2 Å². The van der Waals surface area contributed by atoms with Crippen molar-refractivity contribution in [2.75, 3.05) is 27.2 Å². The van der Waals surface area contributed by atoms with Crippen LogP contribution < -0.4 is 4.74 Å². The molecular formula is C20H24BrN3O4S. The quantitative estimate of drug-likeness (QED) is 0.633. The highest BCUT2D eigenvalue weighted by molar-refractivity contribution is 9.10. The number of sulfonamides is 1. The maximum Gasteiger partial charge on any atom is 0.244 e. The molecule has 1 fully saturated rings. The first-order valence-corrected chi connectivity index (χ1v) is 11.5. The molecule has 1 aromatic carbocycles. The minimum absolute atomic E-state index is 0.0189. The van der Waals surface area contributed by atoms with Gasteiger partial charge in [0.1, 0.15) is 10.6 Å². The van der Waals surface area contributed by atoms with Crippen LogP contribution in [0.25, 0.3) is 0 Å². The van der Waals surface area contributed by atoms with Crippen molar-refractivity contribution >= 4 is 31.9 Å². The molecule has 0 saturated carbocycles. The molecule has 2 aromatic rings. The van der Waals surface area contributed by atoms with E-state index in [1.165, 1.54) is 10.5 Å². The largest absolute Gasteiger partial charge is 0.496 e. The Morgan fingerprint density at radius 2 is 2.03 bits per heavy atom. The summed E-state index contributed by atoms with van der Waals surface area (Å²) in [6.45, 7) is 1.07. The van der Waals surface area contributed by atoms with E-state index in [9.17, 15) is 13.2 Å². The van der Waals surface area contributed by atoms with Crippen molar-refractivity contribution in [1.29, 1.82) is 0 Å². The predicted molar refractivity (Wildman–Crippen MR) is 113 cm³/mol. The summed E-state index contributed by atoms with van der Waals surface area (Å²) in [5, 5.41) is 0. The number of hydrogen-bond acceptors (Lipinski definition) is 5. The van der Waals surface area contributed by atoms with Gasteiger partial charge in [-0.15, -0.1) is 0 Å². The van der Waals surface area contributed by atoms with E-state index in [2.05, 4.69) is 20.9 Å². The smallest absolute Gasteiger partial charge is 0.244 e. The van der Waals surface area contributed by atoms with Gasteiger partial charge in [0.05, 0.1) is 7.11 Å². The molecule has 2 heterocycles. The lowest BCUT2D eigenvalue weighted by molar-refractivity contribution is -0.135. The van der Waals surface area contributed by atoms with Crippen molar-refractivity contribution < 1.29 is 17.9 Å². The number of carbonyl (C=O) groups is 1. The third-order valence-corrected chi connectivity index (χ3v) is 7.48. The maximum atomic E-state index is 12.9. The monoisotopic (exact) mass is 481 g/mol. The van der Waals surface area contributed by atoms with Crippen LogP contribution in [0.3, 0.4) is 0 Å². The standard InChI is InChI=1S/C20H24BrN3O4S/c1-23(14-16-12-17(21)5-6-19(16)28-2)20(25)15-7-10-24(11-8-15)29(26,27)18-4-3-9-22-13-18/h3-6,9,12-13,15H,7-8,10-11,14H2,1-2H3. The van der Waals surface area contributed by atoms with Gasteiger partial charge in [-0.25, -0.2) is 8.42 Å². The second kappa shape index (κ2) is 9.23. The van der Waals surface area contributed by atoms with Crippen molar-refractivity contribution in [3.63, 3.8) is 0 Å². The van der Waals surface area contributed by atoms with Gasteiger partial charge in [0, 0.05) is 55.0 Å². The zero-order valence-corrected chi connectivity index (χ0v) is 18.8. The molecule has 1 amide bonds. The number of halogens is 1. The van der Waals surface area contributed by atoms with E-state index in [1.807, 2.05) is 18.2 Å². The third-order valence-electron chi connectivity index (χ3n) is 5.10. The van der Waals surface area contributed by atoms with Crippen molar-refractivity contribution in [2.45, 2.75) is 24.3 Å². The molecule has 7 nitrogen and oxygen atoms in total. The summed E-state index contributed by atoms with van der Waals surface area (Å²) >= 11 is 3.45. The van der Waals surface area contributed by atoms with Gasteiger partial charge in [0.25, 0.3) is 0 Å². The molecule has 1 saturated heterocycles. The summed E-state index contributed by atoms with van der Waals surface area (Å²) in [6, 6.07) is 8.83. The number of piperidine rings is 1. The predicted octanol–water partition coefficient (Wildman–Crippen LogP) is 2.91. The number of ether oxygens (including phenoxy) is 1. The third kappa shape index (κ3) is 4.96. The lowest BCUT2D eigenvalue weighted by Crippen LogP contribution is -2.43. The number of methoxy groups -OCH3 is 1. The van der Waals surface area contributed by atoms with Gasteiger partial charge >= 0.3 is 0 Å². The molecule has 1 aliphatic rings. The molecule has 0 unspecified atom stereocenters. The van der Waals surface area contributed by atoms with Crippen molar-refractivity contribution in [3.8, 4) is 5.75 Å². The summed E-state index contributed by atoms with van der Waals surface area (Å²) < 4.78 is 33.2. The van der Waals surface area contributed by atoms with Crippen LogP contribution in [0, 0.1) is 5.92 Å². The molecule has 156 valence electrons. The number of amides is 1. The number of benzene rings is 1. The SMILES string of the molecule is COc1ccc(Br)cc1CN(C)C(=O)C1CCN(S(=O)(=O)c2cccnc2)CC1. The fourth-order valence-electron chi connectivity index (χ4n) is 3.51. The summed E-state index contributed by atoms with van der Waals surface area (Å²) in [5.74, 6) is 0.550. The average molecular weight is 482 g/mol. The van der Waals surface area contributed by atoms with E-state index >= 15 is 0 Å². The van der Waals surface area contributed by atoms with Gasteiger partial charge in [-0.3, -0.25) is 9.78 Å². The van der Waals surface area contributed by atoms with Gasteiger partial charge in [-0.2, -0.15) is 4.31 Å². The Balaban J connectivity index is 1.62. The number of rotatable bonds is 6. The summed E-state index contributed by atoms with van der Waals surface area (Å²) in [4.78, 5) is 18.7. The van der Waals surface area contributed by atoms with Crippen LogP contribution in [0.5, 0.6) is 5.75 Å². The van der Waals surface area contributed by atoms with E-state index in [1.54, 1.807) is 37.4 Å². The Bertz CT molecular complexity index is 961.